The SMILES string of the molecule is Nc1nc(NCc2ccccc2Br)c(F)cc1F. The third kappa shape index (κ3) is 2.76. The van der Waals surface area contributed by atoms with Crippen molar-refractivity contribution in [1.82, 2.24) is 4.98 Å². The van der Waals surface area contributed by atoms with Crippen molar-refractivity contribution in [3.63, 3.8) is 0 Å². The van der Waals surface area contributed by atoms with Crippen LogP contribution in [-0.2, 0) is 6.54 Å². The summed E-state index contributed by atoms with van der Waals surface area (Å²) in [5.41, 5.74) is 6.22. The zero-order valence-electron chi connectivity index (χ0n) is 9.25. The van der Waals surface area contributed by atoms with Gasteiger partial charge in [-0.25, -0.2) is 13.8 Å². The standard InChI is InChI=1S/C12H10BrF2N3/c13-8-4-2-1-3-7(8)6-17-12-10(15)5-9(14)11(16)18-12/h1-5H,6H2,(H3,16,17,18). The fourth-order valence-electron chi connectivity index (χ4n) is 1.43. The van der Waals surface area contributed by atoms with Crippen LogP contribution in [-0.4, -0.2) is 4.98 Å². The predicted octanol–water partition coefficient (Wildman–Crippen LogP) is 3.32. The van der Waals surface area contributed by atoms with Crippen molar-refractivity contribution in [2.45, 2.75) is 6.54 Å². The maximum atomic E-state index is 13.4. The summed E-state index contributed by atoms with van der Waals surface area (Å²) in [5, 5.41) is 2.78. The lowest BCUT2D eigenvalue weighted by molar-refractivity contribution is 0.579. The van der Waals surface area contributed by atoms with Crippen LogP contribution in [0.1, 0.15) is 5.56 Å². The molecule has 2 aromatic rings. The molecule has 0 fully saturated rings. The van der Waals surface area contributed by atoms with E-state index in [1.165, 1.54) is 0 Å². The number of benzene rings is 1. The molecular weight excluding hydrogens is 304 g/mol. The Morgan fingerprint density at radius 3 is 2.67 bits per heavy atom. The van der Waals surface area contributed by atoms with Crippen molar-refractivity contribution in [1.29, 1.82) is 0 Å². The van der Waals surface area contributed by atoms with Gasteiger partial charge in [0.1, 0.15) is 0 Å². The van der Waals surface area contributed by atoms with Crippen LogP contribution in [0.15, 0.2) is 34.8 Å². The van der Waals surface area contributed by atoms with Gasteiger partial charge < -0.3 is 11.1 Å². The number of nitrogens with two attached hydrogens (primary N) is 1. The number of nitrogens with zero attached hydrogens (tertiary/aromatic N) is 1. The minimum absolute atomic E-state index is 0.0651. The summed E-state index contributed by atoms with van der Waals surface area (Å²) in [4.78, 5) is 3.62. The smallest absolute Gasteiger partial charge is 0.168 e. The number of hydrogen-bond acceptors (Lipinski definition) is 3. The van der Waals surface area contributed by atoms with Gasteiger partial charge in [0.15, 0.2) is 23.3 Å². The molecule has 6 heteroatoms. The lowest BCUT2D eigenvalue weighted by Crippen LogP contribution is -2.07. The van der Waals surface area contributed by atoms with Gasteiger partial charge in [0.05, 0.1) is 0 Å². The van der Waals surface area contributed by atoms with Crippen LogP contribution in [0.4, 0.5) is 20.4 Å². The van der Waals surface area contributed by atoms with E-state index in [9.17, 15) is 8.78 Å². The number of halogens is 3. The Hall–Kier alpha value is -1.69. The Morgan fingerprint density at radius 1 is 1.22 bits per heavy atom. The van der Waals surface area contributed by atoms with Crippen LogP contribution in [0.5, 0.6) is 0 Å². The number of nitrogen functional groups attached to an aromatic ring is 1. The van der Waals surface area contributed by atoms with Crippen LogP contribution >= 0.6 is 15.9 Å². The largest absolute Gasteiger partial charge is 0.381 e. The van der Waals surface area contributed by atoms with Gasteiger partial charge in [0, 0.05) is 17.1 Å². The second kappa shape index (κ2) is 5.30. The molecule has 1 heterocycles. The highest BCUT2D eigenvalue weighted by atomic mass is 79.9. The van der Waals surface area contributed by atoms with E-state index in [-0.39, 0.29) is 11.6 Å². The topological polar surface area (TPSA) is 50.9 Å². The molecular formula is C12H10BrF2N3. The fourth-order valence-corrected chi connectivity index (χ4v) is 1.85. The number of hydrogen-bond donors (Lipinski definition) is 2. The van der Waals surface area contributed by atoms with Crippen molar-refractivity contribution in [3.8, 4) is 0 Å². The van der Waals surface area contributed by atoms with Gasteiger partial charge >= 0.3 is 0 Å². The van der Waals surface area contributed by atoms with Crippen molar-refractivity contribution >= 4 is 27.6 Å². The molecule has 0 unspecified atom stereocenters. The monoisotopic (exact) mass is 313 g/mol. The number of anilines is 2. The minimum Gasteiger partial charge on any atom is -0.381 e. The average molecular weight is 314 g/mol. The average Bonchev–Trinajstić information content (AvgIpc) is 2.34. The molecule has 0 spiro atoms. The molecule has 0 saturated heterocycles. The third-order valence-corrected chi connectivity index (χ3v) is 3.13. The van der Waals surface area contributed by atoms with Gasteiger partial charge in [0.25, 0.3) is 0 Å². The van der Waals surface area contributed by atoms with Gasteiger partial charge in [-0.2, -0.15) is 0 Å². The summed E-state index contributed by atoms with van der Waals surface area (Å²) in [6.45, 7) is 0.358. The molecule has 0 radical (unpaired) electrons. The van der Waals surface area contributed by atoms with E-state index < -0.39 is 11.6 Å². The van der Waals surface area contributed by atoms with Crippen LogP contribution < -0.4 is 11.1 Å². The van der Waals surface area contributed by atoms with Gasteiger partial charge in [-0.15, -0.1) is 0 Å². The van der Waals surface area contributed by atoms with Crippen LogP contribution in [0.2, 0.25) is 0 Å². The molecule has 1 aromatic heterocycles. The van der Waals surface area contributed by atoms with E-state index in [1.54, 1.807) is 0 Å². The number of aromatic nitrogens is 1. The van der Waals surface area contributed by atoms with Crippen LogP contribution in [0.25, 0.3) is 0 Å². The Morgan fingerprint density at radius 2 is 1.94 bits per heavy atom. The molecule has 3 N–H and O–H groups in total. The second-order valence-corrected chi connectivity index (χ2v) is 4.49. The molecule has 0 aliphatic carbocycles. The number of pyridine rings is 1. The highest BCUT2D eigenvalue weighted by Crippen LogP contribution is 2.20. The molecule has 0 bridgehead atoms. The predicted molar refractivity (Wildman–Crippen MR) is 70.0 cm³/mol. The van der Waals surface area contributed by atoms with E-state index in [1.807, 2.05) is 24.3 Å². The van der Waals surface area contributed by atoms with E-state index in [2.05, 4.69) is 26.2 Å². The summed E-state index contributed by atoms with van der Waals surface area (Å²) in [6, 6.07) is 8.21. The molecule has 0 saturated carbocycles. The maximum absolute atomic E-state index is 13.4. The molecule has 0 aliphatic rings. The highest BCUT2D eigenvalue weighted by Gasteiger charge is 2.09. The molecule has 0 atom stereocenters. The van der Waals surface area contributed by atoms with E-state index in [4.69, 9.17) is 5.73 Å². The van der Waals surface area contributed by atoms with Crippen molar-refractivity contribution in [2.24, 2.45) is 0 Å². The van der Waals surface area contributed by atoms with Crippen molar-refractivity contribution in [3.05, 3.63) is 52.0 Å². The lowest BCUT2D eigenvalue weighted by atomic mass is 10.2. The molecule has 3 nitrogen and oxygen atoms in total. The normalized spacial score (nSPS) is 10.4. The molecule has 18 heavy (non-hydrogen) atoms. The molecule has 2 rings (SSSR count). The fraction of sp³-hybridized carbons (Fsp3) is 0.0833. The molecule has 0 amide bonds. The number of rotatable bonds is 3. The Balaban J connectivity index is 2.16. The van der Waals surface area contributed by atoms with E-state index >= 15 is 0 Å². The minimum atomic E-state index is -0.862. The summed E-state index contributed by atoms with van der Waals surface area (Å²) < 4.78 is 27.2. The first-order valence-electron chi connectivity index (χ1n) is 5.16. The Labute approximate surface area is 111 Å². The second-order valence-electron chi connectivity index (χ2n) is 3.63. The first-order chi connectivity index (χ1) is 8.58. The van der Waals surface area contributed by atoms with E-state index in [0.717, 1.165) is 10.0 Å². The summed E-state index contributed by atoms with van der Waals surface area (Å²) in [6.07, 6.45) is 0. The van der Waals surface area contributed by atoms with Crippen molar-refractivity contribution < 1.29 is 8.78 Å². The molecule has 0 aliphatic heterocycles. The summed E-state index contributed by atoms with van der Waals surface area (Å²) in [7, 11) is 0. The Kier molecular flexibility index (Phi) is 3.76. The lowest BCUT2D eigenvalue weighted by Gasteiger charge is -2.09. The summed E-state index contributed by atoms with van der Waals surface area (Å²) in [5.74, 6) is -2.02. The van der Waals surface area contributed by atoms with Gasteiger partial charge in [-0.3, -0.25) is 0 Å². The van der Waals surface area contributed by atoms with Gasteiger partial charge in [-0.1, -0.05) is 34.1 Å². The first kappa shape index (κ1) is 12.8. The first-order valence-corrected chi connectivity index (χ1v) is 5.96. The molecule has 1 aromatic carbocycles. The van der Waals surface area contributed by atoms with Gasteiger partial charge in [0.2, 0.25) is 0 Å². The zero-order valence-corrected chi connectivity index (χ0v) is 10.8. The quantitative estimate of drug-likeness (QED) is 0.914. The molecule has 94 valence electrons. The third-order valence-electron chi connectivity index (χ3n) is 2.36. The maximum Gasteiger partial charge on any atom is 0.168 e. The van der Waals surface area contributed by atoms with Crippen LogP contribution in [0.3, 0.4) is 0 Å². The van der Waals surface area contributed by atoms with Crippen LogP contribution in [0, 0.1) is 11.6 Å². The zero-order chi connectivity index (χ0) is 13.1. The van der Waals surface area contributed by atoms with Crippen molar-refractivity contribution in [2.75, 3.05) is 11.1 Å². The van der Waals surface area contributed by atoms with Gasteiger partial charge in [-0.05, 0) is 11.6 Å². The Bertz CT molecular complexity index is 575. The van der Waals surface area contributed by atoms with E-state index in [0.29, 0.717) is 12.6 Å². The summed E-state index contributed by atoms with van der Waals surface area (Å²) >= 11 is 3.38. The number of nitrogens with one attached hydrogen (secondary N) is 1. The highest BCUT2D eigenvalue weighted by molar-refractivity contribution is 9.10.